The van der Waals surface area contributed by atoms with Crippen molar-refractivity contribution in [3.05, 3.63) is 17.7 Å². The van der Waals surface area contributed by atoms with Crippen LogP contribution in [-0.4, -0.2) is 52.5 Å². The predicted molar refractivity (Wildman–Crippen MR) is 88.7 cm³/mol. The lowest BCUT2D eigenvalue weighted by molar-refractivity contribution is 0.0667. The first-order chi connectivity index (χ1) is 10.7. The molecular formula is C18H30N4. The average molecular weight is 302 g/mol. The number of hydrogen-bond donors (Lipinski definition) is 1. The van der Waals surface area contributed by atoms with Crippen molar-refractivity contribution in [3.8, 4) is 0 Å². The van der Waals surface area contributed by atoms with Crippen LogP contribution in [0.4, 0.5) is 0 Å². The van der Waals surface area contributed by atoms with Gasteiger partial charge < -0.3 is 9.88 Å². The molecule has 1 saturated carbocycles. The zero-order valence-electron chi connectivity index (χ0n) is 14.0. The van der Waals surface area contributed by atoms with E-state index in [9.17, 15) is 0 Å². The molecule has 0 amide bonds. The fraction of sp³-hybridized carbons (Fsp3) is 0.833. The molecule has 22 heavy (non-hydrogen) atoms. The fourth-order valence-electron chi connectivity index (χ4n) is 4.76. The van der Waals surface area contributed by atoms with Gasteiger partial charge in [0.1, 0.15) is 0 Å². The quantitative estimate of drug-likeness (QED) is 0.929. The molecule has 4 heteroatoms. The van der Waals surface area contributed by atoms with E-state index >= 15 is 0 Å². The molecule has 0 radical (unpaired) electrons. The highest BCUT2D eigenvalue weighted by Crippen LogP contribution is 2.40. The van der Waals surface area contributed by atoms with Gasteiger partial charge in [-0.1, -0.05) is 6.42 Å². The van der Waals surface area contributed by atoms with Gasteiger partial charge in [-0.25, -0.2) is 4.98 Å². The van der Waals surface area contributed by atoms with Crippen LogP contribution in [0.25, 0.3) is 0 Å². The van der Waals surface area contributed by atoms with Crippen LogP contribution in [0.15, 0.2) is 6.33 Å². The third kappa shape index (κ3) is 2.95. The SMILES string of the molecule is Cc1[nH]cnc1CN1CCC2(CCCN(CC3CCC3)C2)C1. The van der Waals surface area contributed by atoms with Gasteiger partial charge in [-0.15, -0.1) is 0 Å². The standard InChI is InChI=1S/C18H30N4/c1-15-17(20-14-19-15)11-22-9-7-18(13-22)6-3-8-21(12-18)10-16-4-2-5-16/h14,16H,2-13H2,1H3,(H,19,20). The number of piperidine rings is 1. The first kappa shape index (κ1) is 14.7. The molecule has 4 nitrogen and oxygen atoms in total. The summed E-state index contributed by atoms with van der Waals surface area (Å²) in [7, 11) is 0. The molecule has 1 N–H and O–H groups in total. The molecule has 2 aliphatic heterocycles. The van der Waals surface area contributed by atoms with Crippen LogP contribution in [-0.2, 0) is 6.54 Å². The minimum Gasteiger partial charge on any atom is -0.348 e. The van der Waals surface area contributed by atoms with Gasteiger partial charge in [0.25, 0.3) is 0 Å². The van der Waals surface area contributed by atoms with Crippen molar-refractivity contribution in [1.82, 2.24) is 19.8 Å². The third-order valence-electron chi connectivity index (χ3n) is 6.31. The molecule has 1 aliphatic carbocycles. The molecule has 1 aromatic rings. The van der Waals surface area contributed by atoms with E-state index in [2.05, 4.69) is 26.7 Å². The van der Waals surface area contributed by atoms with E-state index < -0.39 is 0 Å². The summed E-state index contributed by atoms with van der Waals surface area (Å²) in [6.45, 7) is 9.76. The number of hydrogen-bond acceptors (Lipinski definition) is 3. The zero-order chi connectivity index (χ0) is 15.0. The molecule has 1 atom stereocenters. The van der Waals surface area contributed by atoms with E-state index in [0.29, 0.717) is 5.41 Å². The largest absolute Gasteiger partial charge is 0.348 e. The Kier molecular flexibility index (Phi) is 3.99. The van der Waals surface area contributed by atoms with Gasteiger partial charge in [0.15, 0.2) is 0 Å². The second-order valence-electron chi connectivity index (χ2n) is 8.07. The molecule has 3 aliphatic rings. The summed E-state index contributed by atoms with van der Waals surface area (Å²) in [5, 5.41) is 0. The lowest BCUT2D eigenvalue weighted by Gasteiger charge is -2.43. The Labute approximate surface area is 134 Å². The number of aromatic amines is 1. The molecule has 3 heterocycles. The Balaban J connectivity index is 1.34. The average Bonchev–Trinajstić information content (AvgIpc) is 3.03. The fourth-order valence-corrected chi connectivity index (χ4v) is 4.76. The monoisotopic (exact) mass is 302 g/mol. The van der Waals surface area contributed by atoms with Crippen LogP contribution in [0.5, 0.6) is 0 Å². The van der Waals surface area contributed by atoms with Crippen LogP contribution in [0.1, 0.15) is 49.9 Å². The lowest BCUT2D eigenvalue weighted by atomic mass is 9.78. The summed E-state index contributed by atoms with van der Waals surface area (Å²) in [5.41, 5.74) is 3.04. The Morgan fingerprint density at radius 1 is 1.18 bits per heavy atom. The van der Waals surface area contributed by atoms with Gasteiger partial charge in [-0.2, -0.15) is 0 Å². The van der Waals surface area contributed by atoms with Gasteiger partial charge in [0.05, 0.1) is 12.0 Å². The molecule has 2 saturated heterocycles. The zero-order valence-corrected chi connectivity index (χ0v) is 14.0. The van der Waals surface area contributed by atoms with Gasteiger partial charge in [-0.05, 0) is 63.5 Å². The van der Waals surface area contributed by atoms with Gasteiger partial charge in [-0.3, -0.25) is 4.90 Å². The smallest absolute Gasteiger partial charge is 0.0925 e. The number of nitrogens with one attached hydrogen (secondary N) is 1. The number of aryl methyl sites for hydroxylation is 1. The summed E-state index contributed by atoms with van der Waals surface area (Å²) in [6, 6.07) is 0. The second-order valence-corrected chi connectivity index (χ2v) is 8.07. The minimum absolute atomic E-state index is 0.576. The lowest BCUT2D eigenvalue weighted by Crippen LogP contribution is -2.47. The Bertz CT molecular complexity index is 507. The Morgan fingerprint density at radius 3 is 2.77 bits per heavy atom. The first-order valence-corrected chi connectivity index (χ1v) is 9.16. The van der Waals surface area contributed by atoms with Crippen molar-refractivity contribution in [2.75, 3.05) is 32.7 Å². The molecule has 4 rings (SSSR count). The molecule has 122 valence electrons. The molecule has 1 unspecified atom stereocenters. The highest BCUT2D eigenvalue weighted by molar-refractivity contribution is 5.09. The second kappa shape index (κ2) is 5.97. The van der Waals surface area contributed by atoms with Crippen molar-refractivity contribution in [3.63, 3.8) is 0 Å². The molecule has 1 aromatic heterocycles. The highest BCUT2D eigenvalue weighted by atomic mass is 15.2. The Hall–Kier alpha value is -0.870. The van der Waals surface area contributed by atoms with Crippen LogP contribution < -0.4 is 0 Å². The molecule has 3 fully saturated rings. The summed E-state index contributed by atoms with van der Waals surface area (Å²) in [6.07, 6.45) is 10.5. The molecular weight excluding hydrogens is 272 g/mol. The van der Waals surface area contributed by atoms with Crippen LogP contribution in [0.3, 0.4) is 0 Å². The van der Waals surface area contributed by atoms with Gasteiger partial charge >= 0.3 is 0 Å². The topological polar surface area (TPSA) is 35.2 Å². The number of H-pyrrole nitrogens is 1. The number of nitrogens with zero attached hydrogens (tertiary/aromatic N) is 3. The van der Waals surface area contributed by atoms with E-state index in [1.807, 2.05) is 6.33 Å². The number of rotatable bonds is 4. The molecule has 0 aromatic carbocycles. The summed E-state index contributed by atoms with van der Waals surface area (Å²) >= 11 is 0. The highest BCUT2D eigenvalue weighted by Gasteiger charge is 2.41. The van der Waals surface area contributed by atoms with Crippen LogP contribution in [0.2, 0.25) is 0 Å². The van der Waals surface area contributed by atoms with E-state index in [-0.39, 0.29) is 0 Å². The summed E-state index contributed by atoms with van der Waals surface area (Å²) in [5.74, 6) is 1.01. The Morgan fingerprint density at radius 2 is 2.05 bits per heavy atom. The van der Waals surface area contributed by atoms with Crippen molar-refractivity contribution in [2.24, 2.45) is 11.3 Å². The maximum Gasteiger partial charge on any atom is 0.0925 e. The van der Waals surface area contributed by atoms with Crippen molar-refractivity contribution in [2.45, 2.75) is 52.0 Å². The van der Waals surface area contributed by atoms with E-state index in [0.717, 1.165) is 12.5 Å². The summed E-state index contributed by atoms with van der Waals surface area (Å²) in [4.78, 5) is 13.1. The maximum atomic E-state index is 4.48. The first-order valence-electron chi connectivity index (χ1n) is 9.16. The van der Waals surface area contributed by atoms with Gasteiger partial charge in [0, 0.05) is 31.9 Å². The van der Waals surface area contributed by atoms with Crippen LogP contribution >= 0.6 is 0 Å². The van der Waals surface area contributed by atoms with Crippen molar-refractivity contribution >= 4 is 0 Å². The maximum absolute atomic E-state index is 4.48. The normalized spacial score (nSPS) is 31.0. The number of likely N-dealkylation sites (tertiary alicyclic amines) is 2. The van der Waals surface area contributed by atoms with Gasteiger partial charge in [0.2, 0.25) is 0 Å². The number of aromatic nitrogens is 2. The predicted octanol–water partition coefficient (Wildman–Crippen LogP) is 2.81. The third-order valence-corrected chi connectivity index (χ3v) is 6.31. The minimum atomic E-state index is 0.576. The van der Waals surface area contributed by atoms with E-state index in [1.54, 1.807) is 0 Å². The van der Waals surface area contributed by atoms with E-state index in [4.69, 9.17) is 0 Å². The van der Waals surface area contributed by atoms with Crippen LogP contribution in [0, 0.1) is 18.3 Å². The molecule has 1 spiro atoms. The summed E-state index contributed by atoms with van der Waals surface area (Å²) < 4.78 is 0. The molecule has 0 bridgehead atoms. The number of imidazole rings is 1. The van der Waals surface area contributed by atoms with E-state index in [1.165, 1.54) is 82.6 Å². The van der Waals surface area contributed by atoms with Crippen molar-refractivity contribution < 1.29 is 0 Å². The van der Waals surface area contributed by atoms with Crippen molar-refractivity contribution in [1.29, 1.82) is 0 Å².